The number of hydrogen-bond donors (Lipinski definition) is 0. The third-order valence-electron chi connectivity index (χ3n) is 2.25. The molecule has 0 unspecified atom stereocenters. The lowest BCUT2D eigenvalue weighted by molar-refractivity contribution is 0.142. The van der Waals surface area contributed by atoms with Crippen LogP contribution in [0.5, 0.6) is 5.88 Å². The first kappa shape index (κ1) is 7.65. The second-order valence-electron chi connectivity index (χ2n) is 3.22. The lowest BCUT2D eigenvalue weighted by Crippen LogP contribution is -2.19. The van der Waals surface area contributed by atoms with Gasteiger partial charge in [-0.15, -0.1) is 0 Å². The quantitative estimate of drug-likeness (QED) is 0.678. The predicted octanol–water partition coefficient (Wildman–Crippen LogP) is 2.39. The second-order valence-corrected chi connectivity index (χ2v) is 3.22. The maximum atomic E-state index is 5.59. The molecule has 3 heteroatoms. The van der Waals surface area contributed by atoms with E-state index in [1.54, 1.807) is 6.07 Å². The van der Waals surface area contributed by atoms with E-state index in [1.165, 1.54) is 25.5 Å². The first-order valence-corrected chi connectivity index (χ1v) is 4.52. The molecule has 0 bridgehead atoms. The van der Waals surface area contributed by atoms with Gasteiger partial charge in [0.15, 0.2) is 0 Å². The van der Waals surface area contributed by atoms with Gasteiger partial charge in [-0.05, 0) is 30.8 Å². The molecule has 1 saturated carbocycles. The minimum Gasteiger partial charge on any atom is -0.472 e. The highest BCUT2D eigenvalue weighted by Gasteiger charge is 2.15. The molecule has 0 atom stereocenters. The normalized spacial score (nSPS) is 19.3. The van der Waals surface area contributed by atoms with Gasteiger partial charge >= 0.3 is 0 Å². The van der Waals surface area contributed by atoms with Crippen molar-refractivity contribution in [1.29, 1.82) is 0 Å². The van der Waals surface area contributed by atoms with Gasteiger partial charge in [-0.2, -0.15) is 0 Å². The molecule has 0 saturated heterocycles. The van der Waals surface area contributed by atoms with Crippen molar-refractivity contribution in [3.05, 3.63) is 12.3 Å². The minimum atomic E-state index is 0.365. The van der Waals surface area contributed by atoms with Crippen LogP contribution < -0.4 is 4.74 Å². The van der Waals surface area contributed by atoms with Crippen LogP contribution >= 0.6 is 0 Å². The Morgan fingerprint density at radius 3 is 2.83 bits per heavy atom. The summed E-state index contributed by atoms with van der Waals surface area (Å²) in [5, 5.41) is 3.71. The topological polar surface area (TPSA) is 35.3 Å². The highest BCUT2D eigenvalue weighted by atomic mass is 16.5. The van der Waals surface area contributed by atoms with Crippen molar-refractivity contribution in [3.63, 3.8) is 0 Å². The zero-order valence-corrected chi connectivity index (χ0v) is 7.03. The maximum Gasteiger partial charge on any atom is 0.254 e. The van der Waals surface area contributed by atoms with Crippen molar-refractivity contribution in [2.24, 2.45) is 0 Å². The van der Waals surface area contributed by atoms with E-state index >= 15 is 0 Å². The third-order valence-corrected chi connectivity index (χ3v) is 2.25. The second kappa shape index (κ2) is 3.61. The summed E-state index contributed by atoms with van der Waals surface area (Å²) in [5.74, 6) is 0.627. The van der Waals surface area contributed by atoms with Crippen LogP contribution in [0, 0.1) is 0 Å². The molecule has 66 valence electrons. The lowest BCUT2D eigenvalue weighted by atomic mass is 9.98. The zero-order valence-electron chi connectivity index (χ0n) is 7.03. The molecule has 0 spiro atoms. The predicted molar refractivity (Wildman–Crippen MR) is 44.0 cm³/mol. The molecular formula is C9H13NO2. The largest absolute Gasteiger partial charge is 0.472 e. The Bertz CT molecular complexity index is 214. The summed E-state index contributed by atoms with van der Waals surface area (Å²) in [6, 6.07) is 1.76. The Hall–Kier alpha value is -0.990. The van der Waals surface area contributed by atoms with Crippen molar-refractivity contribution in [2.45, 2.75) is 38.2 Å². The first-order chi connectivity index (χ1) is 5.95. The van der Waals surface area contributed by atoms with Crippen LogP contribution in [0.15, 0.2) is 16.9 Å². The monoisotopic (exact) mass is 167 g/mol. The van der Waals surface area contributed by atoms with Crippen LogP contribution in [0.1, 0.15) is 32.1 Å². The molecule has 0 N–H and O–H groups in total. The van der Waals surface area contributed by atoms with Gasteiger partial charge in [-0.25, -0.2) is 0 Å². The Balaban J connectivity index is 1.86. The smallest absolute Gasteiger partial charge is 0.254 e. The van der Waals surface area contributed by atoms with Crippen molar-refractivity contribution >= 4 is 0 Å². The summed E-state index contributed by atoms with van der Waals surface area (Å²) in [5.41, 5.74) is 0. The van der Waals surface area contributed by atoms with E-state index in [0.29, 0.717) is 12.0 Å². The molecule has 0 aliphatic heterocycles. The molecule has 1 aliphatic carbocycles. The number of ether oxygens (including phenoxy) is 1. The van der Waals surface area contributed by atoms with Gasteiger partial charge < -0.3 is 9.26 Å². The fraction of sp³-hybridized carbons (Fsp3) is 0.667. The highest BCUT2D eigenvalue weighted by molar-refractivity contribution is 5.02. The van der Waals surface area contributed by atoms with Gasteiger partial charge in [0.1, 0.15) is 12.4 Å². The van der Waals surface area contributed by atoms with Gasteiger partial charge in [0.2, 0.25) is 0 Å². The fourth-order valence-electron chi connectivity index (χ4n) is 1.62. The lowest BCUT2D eigenvalue weighted by Gasteiger charge is -2.20. The molecule has 2 rings (SSSR count). The zero-order chi connectivity index (χ0) is 8.23. The molecule has 0 aromatic carbocycles. The van der Waals surface area contributed by atoms with Gasteiger partial charge in [0, 0.05) is 6.07 Å². The van der Waals surface area contributed by atoms with E-state index in [2.05, 4.69) is 9.68 Å². The van der Waals surface area contributed by atoms with E-state index in [-0.39, 0.29) is 0 Å². The summed E-state index contributed by atoms with van der Waals surface area (Å²) in [6.07, 6.45) is 8.13. The van der Waals surface area contributed by atoms with Gasteiger partial charge in [0.25, 0.3) is 5.88 Å². The summed E-state index contributed by atoms with van der Waals surface area (Å²) in [7, 11) is 0. The summed E-state index contributed by atoms with van der Waals surface area (Å²) < 4.78 is 10.3. The summed E-state index contributed by atoms with van der Waals surface area (Å²) in [4.78, 5) is 0. The van der Waals surface area contributed by atoms with Crippen LogP contribution in [0.25, 0.3) is 0 Å². The number of nitrogens with zero attached hydrogens (tertiary/aromatic N) is 1. The molecule has 1 aromatic heterocycles. The number of aromatic nitrogens is 1. The van der Waals surface area contributed by atoms with Crippen LogP contribution in [-0.4, -0.2) is 11.3 Å². The third kappa shape index (κ3) is 1.78. The van der Waals surface area contributed by atoms with Crippen LogP contribution in [0.2, 0.25) is 0 Å². The van der Waals surface area contributed by atoms with E-state index in [1.807, 2.05) is 0 Å². The fourth-order valence-corrected chi connectivity index (χ4v) is 1.62. The standard InChI is InChI=1S/C9H13NO2/c1-2-4-8(5-3-1)12-9-6-7-11-10-9/h6-8H,1-5H2. The molecule has 1 aliphatic rings. The Kier molecular flexibility index (Phi) is 2.30. The molecular weight excluding hydrogens is 154 g/mol. The molecule has 1 heterocycles. The Morgan fingerprint density at radius 1 is 1.33 bits per heavy atom. The van der Waals surface area contributed by atoms with Crippen molar-refractivity contribution in [1.82, 2.24) is 5.16 Å². The molecule has 1 fully saturated rings. The molecule has 0 amide bonds. The van der Waals surface area contributed by atoms with Crippen molar-refractivity contribution < 1.29 is 9.26 Å². The average molecular weight is 167 g/mol. The minimum absolute atomic E-state index is 0.365. The highest BCUT2D eigenvalue weighted by Crippen LogP contribution is 2.21. The molecule has 3 nitrogen and oxygen atoms in total. The average Bonchev–Trinajstić information content (AvgIpc) is 2.59. The van der Waals surface area contributed by atoms with E-state index < -0.39 is 0 Å². The van der Waals surface area contributed by atoms with Crippen LogP contribution in [-0.2, 0) is 0 Å². The van der Waals surface area contributed by atoms with Gasteiger partial charge in [-0.3, -0.25) is 0 Å². The van der Waals surface area contributed by atoms with E-state index in [0.717, 1.165) is 12.8 Å². The molecule has 1 aromatic rings. The molecule has 0 radical (unpaired) electrons. The van der Waals surface area contributed by atoms with Crippen molar-refractivity contribution in [2.75, 3.05) is 0 Å². The number of hydrogen-bond acceptors (Lipinski definition) is 3. The van der Waals surface area contributed by atoms with E-state index in [9.17, 15) is 0 Å². The summed E-state index contributed by atoms with van der Waals surface area (Å²) in [6.45, 7) is 0. The summed E-state index contributed by atoms with van der Waals surface area (Å²) >= 11 is 0. The molecule has 12 heavy (non-hydrogen) atoms. The Morgan fingerprint density at radius 2 is 2.17 bits per heavy atom. The SMILES string of the molecule is c1cc(OC2CCCCC2)no1. The van der Waals surface area contributed by atoms with Gasteiger partial charge in [0.05, 0.1) is 0 Å². The first-order valence-electron chi connectivity index (χ1n) is 4.52. The van der Waals surface area contributed by atoms with Crippen molar-refractivity contribution in [3.8, 4) is 5.88 Å². The number of rotatable bonds is 2. The van der Waals surface area contributed by atoms with Gasteiger partial charge in [-0.1, -0.05) is 6.42 Å². The van der Waals surface area contributed by atoms with Crippen LogP contribution in [0.4, 0.5) is 0 Å². The van der Waals surface area contributed by atoms with E-state index in [4.69, 9.17) is 4.74 Å². The Labute approximate surface area is 71.7 Å². The van der Waals surface area contributed by atoms with Crippen LogP contribution in [0.3, 0.4) is 0 Å². The maximum absolute atomic E-state index is 5.59.